The summed E-state index contributed by atoms with van der Waals surface area (Å²) in [6, 6.07) is 0. The Bertz CT molecular complexity index is 497. The molecule has 0 amide bonds. The summed E-state index contributed by atoms with van der Waals surface area (Å²) in [6.07, 6.45) is 21.4. The second-order valence-corrected chi connectivity index (χ2v) is 15.8. The number of carbonyl (C=O) groups is 1. The van der Waals surface area contributed by atoms with Crippen LogP contribution < -0.4 is 0 Å². The van der Waals surface area contributed by atoms with Gasteiger partial charge in [0.1, 0.15) is 12.7 Å². The van der Waals surface area contributed by atoms with Crippen LogP contribution in [0.4, 0.5) is 0 Å². The maximum Gasteiger partial charge on any atom is 0.305 e. The number of esters is 1. The first kappa shape index (κ1) is 32.3. The average Bonchev–Trinajstić information content (AvgIpc) is 2.75. The van der Waals surface area contributed by atoms with Crippen LogP contribution in [0.3, 0.4) is 0 Å². The van der Waals surface area contributed by atoms with Crippen LogP contribution in [0, 0.1) is 0 Å². The molecule has 196 valence electrons. The van der Waals surface area contributed by atoms with Crippen molar-refractivity contribution >= 4 is 14.3 Å². The lowest BCUT2D eigenvalue weighted by Crippen LogP contribution is -2.43. The van der Waals surface area contributed by atoms with Crippen molar-refractivity contribution in [3.63, 3.8) is 0 Å². The highest BCUT2D eigenvalue weighted by molar-refractivity contribution is 6.74. The fourth-order valence-electron chi connectivity index (χ4n) is 3.30. The van der Waals surface area contributed by atoms with E-state index in [4.69, 9.17) is 13.9 Å². The third-order valence-corrected chi connectivity index (χ3v) is 11.3. The van der Waals surface area contributed by atoms with E-state index in [9.17, 15) is 4.79 Å². The molecule has 1 atom stereocenters. The Balaban J connectivity index is 3.65. The molecule has 0 rings (SSSR count). The van der Waals surface area contributed by atoms with E-state index in [1.807, 2.05) is 0 Å². The van der Waals surface area contributed by atoms with Gasteiger partial charge in [0, 0.05) is 13.5 Å². The number of ether oxygens (including phenoxy) is 2. The van der Waals surface area contributed by atoms with Crippen LogP contribution in [0.25, 0.3) is 0 Å². The summed E-state index contributed by atoms with van der Waals surface area (Å²) in [4.78, 5) is 12.0. The first-order valence-corrected chi connectivity index (χ1v) is 16.5. The minimum atomic E-state index is -1.82. The van der Waals surface area contributed by atoms with Crippen LogP contribution >= 0.6 is 0 Å². The van der Waals surface area contributed by atoms with Crippen molar-refractivity contribution in [2.75, 3.05) is 20.3 Å². The molecule has 0 saturated heterocycles. The van der Waals surface area contributed by atoms with Crippen molar-refractivity contribution in [1.82, 2.24) is 0 Å². The summed E-state index contributed by atoms with van der Waals surface area (Å²) >= 11 is 0. The summed E-state index contributed by atoms with van der Waals surface area (Å²) < 4.78 is 17.1. The number of hydrogen-bond acceptors (Lipinski definition) is 4. The van der Waals surface area contributed by atoms with Gasteiger partial charge in [0.25, 0.3) is 0 Å². The fraction of sp³-hybridized carbons (Fsp3) is 0.893. The van der Waals surface area contributed by atoms with E-state index in [0.29, 0.717) is 13.0 Å². The maximum atomic E-state index is 12.0. The summed E-state index contributed by atoms with van der Waals surface area (Å²) in [7, 11) is -0.170. The normalized spacial score (nSPS) is 13.5. The van der Waals surface area contributed by atoms with Crippen LogP contribution in [-0.4, -0.2) is 40.7 Å². The zero-order valence-corrected chi connectivity index (χ0v) is 24.2. The van der Waals surface area contributed by atoms with Gasteiger partial charge in [-0.3, -0.25) is 4.79 Å². The number of carbonyl (C=O) groups excluding carboxylic acids is 1. The van der Waals surface area contributed by atoms with E-state index >= 15 is 0 Å². The van der Waals surface area contributed by atoms with E-state index < -0.39 is 8.32 Å². The van der Waals surface area contributed by atoms with Crippen molar-refractivity contribution < 1.29 is 18.7 Å². The molecule has 0 heterocycles. The molecule has 0 aromatic rings. The van der Waals surface area contributed by atoms with Gasteiger partial charge < -0.3 is 13.9 Å². The van der Waals surface area contributed by atoms with Gasteiger partial charge in [0.2, 0.25) is 0 Å². The molecule has 0 aliphatic rings. The van der Waals surface area contributed by atoms with Gasteiger partial charge in [0.15, 0.2) is 8.32 Å². The molecule has 0 fully saturated rings. The lowest BCUT2D eigenvalue weighted by Gasteiger charge is -2.37. The molecule has 0 aliphatic heterocycles. The summed E-state index contributed by atoms with van der Waals surface area (Å²) in [5.74, 6) is -0.123. The Morgan fingerprint density at radius 1 is 0.818 bits per heavy atom. The van der Waals surface area contributed by atoms with Gasteiger partial charge in [-0.05, 0) is 50.2 Å². The standard InChI is InChI=1S/C28H56O4Si/c1-8-9-10-11-12-13-14-15-16-17-18-19-20-21-22-23-27(29)31-24-26(30-5)25-32-33(6,7)28(2,3)4/h15-16,26H,8-14,17-25H2,1-7H3. The Hall–Kier alpha value is -0.653. The Labute approximate surface area is 207 Å². The van der Waals surface area contributed by atoms with E-state index in [0.717, 1.165) is 12.8 Å². The smallest absolute Gasteiger partial charge is 0.305 e. The Morgan fingerprint density at radius 3 is 1.85 bits per heavy atom. The zero-order valence-electron chi connectivity index (χ0n) is 23.2. The Kier molecular flexibility index (Phi) is 19.2. The Morgan fingerprint density at radius 2 is 1.33 bits per heavy atom. The minimum Gasteiger partial charge on any atom is -0.463 e. The molecule has 0 aliphatic carbocycles. The highest BCUT2D eigenvalue weighted by atomic mass is 28.4. The SMILES string of the molecule is CCCCCCCCC=CCCCCCCCC(=O)OCC(CO[Si](C)(C)C(C)(C)C)OC. The molecule has 0 radical (unpaired) electrons. The van der Waals surface area contributed by atoms with Gasteiger partial charge in [-0.2, -0.15) is 0 Å². The van der Waals surface area contributed by atoms with Crippen molar-refractivity contribution in [3.05, 3.63) is 12.2 Å². The van der Waals surface area contributed by atoms with Crippen molar-refractivity contribution in [2.24, 2.45) is 0 Å². The van der Waals surface area contributed by atoms with Gasteiger partial charge in [-0.1, -0.05) is 91.2 Å². The third-order valence-electron chi connectivity index (χ3n) is 6.84. The van der Waals surface area contributed by atoms with Gasteiger partial charge in [-0.15, -0.1) is 0 Å². The molecule has 0 bridgehead atoms. The van der Waals surface area contributed by atoms with Crippen molar-refractivity contribution in [1.29, 1.82) is 0 Å². The maximum absolute atomic E-state index is 12.0. The van der Waals surface area contributed by atoms with Crippen LogP contribution in [0.5, 0.6) is 0 Å². The van der Waals surface area contributed by atoms with Crippen LogP contribution in [0.1, 0.15) is 118 Å². The van der Waals surface area contributed by atoms with E-state index in [-0.39, 0.29) is 23.7 Å². The lowest BCUT2D eigenvalue weighted by molar-refractivity contribution is -0.148. The predicted molar refractivity (Wildman–Crippen MR) is 144 cm³/mol. The molecule has 0 aromatic heterocycles. The highest BCUT2D eigenvalue weighted by Crippen LogP contribution is 2.36. The van der Waals surface area contributed by atoms with Crippen LogP contribution in [0.2, 0.25) is 18.1 Å². The molecule has 0 N–H and O–H groups in total. The monoisotopic (exact) mass is 484 g/mol. The number of methoxy groups -OCH3 is 1. The molecular weight excluding hydrogens is 428 g/mol. The van der Waals surface area contributed by atoms with Gasteiger partial charge in [0.05, 0.1) is 6.61 Å². The third kappa shape index (κ3) is 18.4. The second kappa shape index (κ2) is 19.6. The topological polar surface area (TPSA) is 44.8 Å². The molecule has 0 aromatic carbocycles. The van der Waals surface area contributed by atoms with Gasteiger partial charge in [-0.25, -0.2) is 0 Å². The average molecular weight is 485 g/mol. The molecule has 5 heteroatoms. The first-order chi connectivity index (χ1) is 15.6. The first-order valence-electron chi connectivity index (χ1n) is 13.6. The van der Waals surface area contributed by atoms with Crippen molar-refractivity contribution in [3.8, 4) is 0 Å². The number of allylic oxidation sites excluding steroid dienone is 2. The number of hydrogen-bond donors (Lipinski definition) is 0. The molecule has 0 spiro atoms. The molecule has 1 unspecified atom stereocenters. The second-order valence-electron chi connectivity index (χ2n) is 10.9. The van der Waals surface area contributed by atoms with Gasteiger partial charge >= 0.3 is 5.97 Å². The van der Waals surface area contributed by atoms with Crippen LogP contribution in [0.15, 0.2) is 12.2 Å². The molecule has 4 nitrogen and oxygen atoms in total. The van der Waals surface area contributed by atoms with Crippen molar-refractivity contribution in [2.45, 2.75) is 142 Å². The minimum absolute atomic E-state index is 0.123. The molecular formula is C28H56O4Si. The number of unbranched alkanes of at least 4 members (excludes halogenated alkanes) is 11. The van der Waals surface area contributed by atoms with E-state index in [1.54, 1.807) is 7.11 Å². The summed E-state index contributed by atoms with van der Waals surface area (Å²) in [6.45, 7) is 14.1. The lowest BCUT2D eigenvalue weighted by atomic mass is 10.1. The van der Waals surface area contributed by atoms with Crippen LogP contribution in [-0.2, 0) is 18.7 Å². The molecule has 0 saturated carbocycles. The summed E-state index contributed by atoms with van der Waals surface area (Å²) in [5.41, 5.74) is 0. The molecule has 33 heavy (non-hydrogen) atoms. The fourth-order valence-corrected chi connectivity index (χ4v) is 4.34. The zero-order chi connectivity index (χ0) is 25.0. The predicted octanol–water partition coefficient (Wildman–Crippen LogP) is 8.60. The summed E-state index contributed by atoms with van der Waals surface area (Å²) in [5, 5.41) is 0.159. The number of rotatable bonds is 21. The quantitative estimate of drug-likeness (QED) is 0.0708. The largest absolute Gasteiger partial charge is 0.463 e. The van der Waals surface area contributed by atoms with E-state index in [2.05, 4.69) is 52.9 Å². The highest BCUT2D eigenvalue weighted by Gasteiger charge is 2.37. The van der Waals surface area contributed by atoms with E-state index in [1.165, 1.54) is 70.6 Å².